The summed E-state index contributed by atoms with van der Waals surface area (Å²) in [4.78, 5) is 48.6. The number of aromatic nitrogens is 4. The van der Waals surface area contributed by atoms with Crippen molar-refractivity contribution in [3.63, 3.8) is 0 Å². The van der Waals surface area contributed by atoms with Gasteiger partial charge in [0.15, 0.2) is 11.0 Å². The van der Waals surface area contributed by atoms with Gasteiger partial charge in [-0.1, -0.05) is 34.5 Å². The number of esters is 1. The Hall–Kier alpha value is -2.97. The lowest BCUT2D eigenvalue weighted by atomic mass is 10.0. The molecular formula is C23H26Cl2N6O6S. The first kappa shape index (κ1) is 28.0. The van der Waals surface area contributed by atoms with E-state index in [1.165, 1.54) is 18.4 Å². The minimum Gasteiger partial charge on any atom is -0.465 e. The molecule has 38 heavy (non-hydrogen) atoms. The molecule has 1 N–H and O–H groups in total. The van der Waals surface area contributed by atoms with Gasteiger partial charge in [0.2, 0.25) is 6.41 Å². The number of methoxy groups -OCH3 is 3. The van der Waals surface area contributed by atoms with Crippen molar-refractivity contribution in [1.82, 2.24) is 24.4 Å². The molecule has 204 valence electrons. The Balaban J connectivity index is 1.56. The summed E-state index contributed by atoms with van der Waals surface area (Å²) in [5, 5.41) is 3.66. The van der Waals surface area contributed by atoms with Gasteiger partial charge >= 0.3 is 5.97 Å². The predicted molar refractivity (Wildman–Crippen MR) is 142 cm³/mol. The largest absolute Gasteiger partial charge is 0.465 e. The lowest BCUT2D eigenvalue weighted by Gasteiger charge is -2.38. The van der Waals surface area contributed by atoms with Crippen LogP contribution in [0.3, 0.4) is 0 Å². The van der Waals surface area contributed by atoms with Crippen LogP contribution in [0.25, 0.3) is 11.5 Å². The summed E-state index contributed by atoms with van der Waals surface area (Å²) in [6.07, 6.45) is 3.90. The van der Waals surface area contributed by atoms with Crippen molar-refractivity contribution < 1.29 is 28.6 Å². The number of ether oxygens (including phenoxy) is 3. The first-order valence-electron chi connectivity index (χ1n) is 11.4. The number of rotatable bonds is 9. The summed E-state index contributed by atoms with van der Waals surface area (Å²) >= 11 is 13.6. The van der Waals surface area contributed by atoms with E-state index in [0.717, 1.165) is 4.57 Å². The fraction of sp³-hybridized carbons (Fsp3) is 0.435. The van der Waals surface area contributed by atoms with Crippen molar-refractivity contribution in [2.24, 2.45) is 0 Å². The molecule has 0 aliphatic carbocycles. The van der Waals surface area contributed by atoms with Gasteiger partial charge in [0, 0.05) is 45.4 Å². The van der Waals surface area contributed by atoms with Gasteiger partial charge in [0.25, 0.3) is 5.91 Å². The molecule has 1 aliphatic rings. The van der Waals surface area contributed by atoms with Crippen LogP contribution in [-0.2, 0) is 25.7 Å². The Kier molecular flexibility index (Phi) is 8.73. The highest BCUT2D eigenvalue weighted by Crippen LogP contribution is 2.35. The second-order valence-electron chi connectivity index (χ2n) is 8.43. The van der Waals surface area contributed by atoms with E-state index in [-0.39, 0.29) is 28.5 Å². The fourth-order valence-electron chi connectivity index (χ4n) is 4.31. The van der Waals surface area contributed by atoms with Gasteiger partial charge in [-0.3, -0.25) is 14.2 Å². The number of piperidine rings is 1. The molecule has 12 nitrogen and oxygen atoms in total. The maximum Gasteiger partial charge on any atom is 0.350 e. The molecule has 0 aromatic carbocycles. The van der Waals surface area contributed by atoms with Crippen LogP contribution < -0.4 is 10.2 Å². The Morgan fingerprint density at radius 1 is 1.26 bits per heavy atom. The van der Waals surface area contributed by atoms with Crippen molar-refractivity contribution in [2.45, 2.75) is 32.2 Å². The summed E-state index contributed by atoms with van der Waals surface area (Å²) in [7, 11) is 4.42. The van der Waals surface area contributed by atoms with Gasteiger partial charge in [-0.05, 0) is 13.3 Å². The maximum atomic E-state index is 13.1. The van der Waals surface area contributed by atoms with Crippen molar-refractivity contribution in [3.05, 3.63) is 38.7 Å². The number of imidazole rings is 1. The maximum absolute atomic E-state index is 13.1. The van der Waals surface area contributed by atoms with Crippen LogP contribution in [0.4, 0.5) is 5.13 Å². The van der Waals surface area contributed by atoms with Crippen molar-refractivity contribution in [1.29, 1.82) is 0 Å². The number of hydrogen-bond acceptors (Lipinski definition) is 10. The molecule has 2 atom stereocenters. The van der Waals surface area contributed by atoms with E-state index in [4.69, 9.17) is 42.4 Å². The highest BCUT2D eigenvalue weighted by molar-refractivity contribution is 7.17. The number of carbonyl (C=O) groups excluding carboxylic acids is 3. The lowest BCUT2D eigenvalue weighted by molar-refractivity contribution is 0.0539. The second kappa shape index (κ2) is 11.8. The molecule has 1 fully saturated rings. The minimum atomic E-state index is -0.535. The smallest absolute Gasteiger partial charge is 0.350 e. The van der Waals surface area contributed by atoms with Crippen molar-refractivity contribution in [2.75, 3.05) is 39.3 Å². The van der Waals surface area contributed by atoms with E-state index < -0.39 is 18.0 Å². The third-order valence-electron chi connectivity index (χ3n) is 6.27. The van der Waals surface area contributed by atoms with Gasteiger partial charge < -0.3 is 29.0 Å². The molecule has 0 saturated carbocycles. The van der Waals surface area contributed by atoms with Gasteiger partial charge in [-0.25, -0.2) is 14.8 Å². The predicted octanol–water partition coefficient (Wildman–Crippen LogP) is 2.88. The number of halogens is 2. The normalized spacial score (nSPS) is 17.5. The zero-order chi connectivity index (χ0) is 27.6. The van der Waals surface area contributed by atoms with Crippen LogP contribution in [0.1, 0.15) is 32.3 Å². The third-order valence-corrected chi connectivity index (χ3v) is 8.30. The Morgan fingerprint density at radius 2 is 2.03 bits per heavy atom. The molecule has 1 aliphatic heterocycles. The first-order chi connectivity index (χ1) is 18.2. The van der Waals surface area contributed by atoms with E-state index >= 15 is 0 Å². The van der Waals surface area contributed by atoms with Crippen LogP contribution in [0.2, 0.25) is 10.0 Å². The van der Waals surface area contributed by atoms with E-state index in [2.05, 4.69) is 10.3 Å². The Bertz CT molecular complexity index is 1350. The van der Waals surface area contributed by atoms with E-state index in [1.54, 1.807) is 38.1 Å². The molecule has 4 rings (SSSR count). The Labute approximate surface area is 232 Å². The SMILES string of the molecule is COCn1ccnc1-c1nc(N2CC[C@@H](NC(=O)c3c(Cl)c(Cl)c(C)n3C=O)[C@@H](OC)C2)sc1C(=O)OC. The molecule has 1 amide bonds. The highest BCUT2D eigenvalue weighted by atomic mass is 35.5. The van der Waals surface area contributed by atoms with Gasteiger partial charge in [0.1, 0.15) is 23.0 Å². The number of anilines is 1. The lowest BCUT2D eigenvalue weighted by Crippen LogP contribution is -2.55. The molecule has 3 aromatic rings. The molecule has 15 heteroatoms. The minimum absolute atomic E-state index is 0.0117. The number of carbonyl (C=O) groups is 3. The Morgan fingerprint density at radius 3 is 2.68 bits per heavy atom. The quantitative estimate of drug-likeness (QED) is 0.298. The van der Waals surface area contributed by atoms with Crippen LogP contribution in [-0.4, -0.2) is 84.0 Å². The molecule has 0 bridgehead atoms. The molecule has 1 saturated heterocycles. The third kappa shape index (κ3) is 5.16. The standard InChI is InChI=1S/C23H26Cl2N6O6S/c1-12-15(24)16(25)18(31(12)10-32)21(33)27-13-5-7-29(9-14(13)36-3)23-28-17(19(38-23)22(34)37-4)20-26-6-8-30(20)11-35-2/h6,8,10,13-14H,5,7,9,11H2,1-4H3,(H,27,33)/t13-,14+/m1/s1. The average molecular weight is 585 g/mol. The molecular weight excluding hydrogens is 559 g/mol. The zero-order valence-corrected chi connectivity index (χ0v) is 23.4. The first-order valence-corrected chi connectivity index (χ1v) is 13.0. The van der Waals surface area contributed by atoms with E-state index in [1.807, 2.05) is 4.90 Å². The van der Waals surface area contributed by atoms with E-state index in [0.29, 0.717) is 53.1 Å². The van der Waals surface area contributed by atoms with Gasteiger partial charge in [-0.2, -0.15) is 0 Å². The highest BCUT2D eigenvalue weighted by Gasteiger charge is 2.35. The van der Waals surface area contributed by atoms with Crippen molar-refractivity contribution in [3.8, 4) is 11.5 Å². The van der Waals surface area contributed by atoms with Crippen LogP contribution in [0.5, 0.6) is 0 Å². The molecule has 4 heterocycles. The average Bonchev–Trinajstić information content (AvgIpc) is 3.62. The van der Waals surface area contributed by atoms with Gasteiger partial charge in [-0.15, -0.1) is 0 Å². The molecule has 0 spiro atoms. The van der Waals surface area contributed by atoms with E-state index in [9.17, 15) is 14.4 Å². The summed E-state index contributed by atoms with van der Waals surface area (Å²) in [5.41, 5.74) is 0.738. The fourth-order valence-corrected chi connectivity index (χ4v) is 5.82. The molecule has 3 aromatic heterocycles. The summed E-state index contributed by atoms with van der Waals surface area (Å²) in [6, 6.07) is -0.381. The number of nitrogens with zero attached hydrogens (tertiary/aromatic N) is 5. The number of hydrogen-bond donors (Lipinski definition) is 1. The van der Waals surface area contributed by atoms with Gasteiger partial charge in [0.05, 0.1) is 29.3 Å². The molecule has 0 unspecified atom stereocenters. The number of amides is 1. The topological polar surface area (TPSA) is 130 Å². The zero-order valence-electron chi connectivity index (χ0n) is 21.1. The summed E-state index contributed by atoms with van der Waals surface area (Å²) < 4.78 is 18.8. The monoisotopic (exact) mass is 584 g/mol. The van der Waals surface area contributed by atoms with Crippen LogP contribution >= 0.6 is 34.5 Å². The number of thiazole rings is 1. The second-order valence-corrected chi connectivity index (χ2v) is 10.2. The summed E-state index contributed by atoms with van der Waals surface area (Å²) in [5.74, 6) is -0.582. The van der Waals surface area contributed by atoms with Crippen LogP contribution in [0.15, 0.2) is 12.4 Å². The summed E-state index contributed by atoms with van der Waals surface area (Å²) in [6.45, 7) is 2.72. The number of nitrogens with one attached hydrogen (secondary N) is 1. The van der Waals surface area contributed by atoms with Crippen molar-refractivity contribution >= 4 is 58.0 Å². The molecule has 0 radical (unpaired) electrons. The van der Waals surface area contributed by atoms with Crippen LogP contribution in [0, 0.1) is 6.92 Å².